The zero-order valence-corrected chi connectivity index (χ0v) is 35.9. The summed E-state index contributed by atoms with van der Waals surface area (Å²) in [6.45, 7) is 11.7. The first-order valence-electron chi connectivity index (χ1n) is 21.9. The molecule has 0 aliphatic heterocycles. The van der Waals surface area contributed by atoms with Gasteiger partial charge in [-0.3, -0.25) is 4.99 Å². The smallest absolute Gasteiger partial charge is 0.135 e. The number of aryl methyl sites for hydroxylation is 1. The van der Waals surface area contributed by atoms with Crippen molar-refractivity contribution in [3.63, 3.8) is 0 Å². The molecule has 0 fully saturated rings. The molecule has 2 nitrogen and oxygen atoms in total. The van der Waals surface area contributed by atoms with E-state index in [4.69, 9.17) is 9.41 Å². The van der Waals surface area contributed by atoms with Crippen LogP contribution in [-0.4, -0.2) is 5.71 Å². The Kier molecular flexibility index (Phi) is 9.01. The third-order valence-electron chi connectivity index (χ3n) is 13.8. The molecule has 3 atom stereocenters. The third-order valence-corrected chi connectivity index (χ3v) is 15.0. The van der Waals surface area contributed by atoms with Crippen LogP contribution in [0.15, 0.2) is 160 Å². The van der Waals surface area contributed by atoms with Crippen LogP contribution in [0.1, 0.15) is 93.7 Å². The molecule has 0 bridgehead atoms. The Balaban J connectivity index is 1.18. The van der Waals surface area contributed by atoms with Gasteiger partial charge in [0.2, 0.25) is 0 Å². The molecule has 0 amide bonds. The summed E-state index contributed by atoms with van der Waals surface area (Å²) < 4.78 is 9.23. The van der Waals surface area contributed by atoms with Crippen LogP contribution in [0.3, 0.4) is 0 Å². The fraction of sp³-hybridized carbons (Fsp3) is 0.211. The van der Waals surface area contributed by atoms with Gasteiger partial charge in [-0.05, 0) is 135 Å². The van der Waals surface area contributed by atoms with Gasteiger partial charge in [-0.15, -0.1) is 11.3 Å². The summed E-state index contributed by atoms with van der Waals surface area (Å²) in [5.74, 6) is 1.38. The number of thiophene rings is 1. The number of rotatable bonds is 8. The zero-order valence-electron chi connectivity index (χ0n) is 35.1. The lowest BCUT2D eigenvalue weighted by Crippen LogP contribution is -2.28. The van der Waals surface area contributed by atoms with Crippen LogP contribution in [0.4, 0.5) is 0 Å². The van der Waals surface area contributed by atoms with Crippen molar-refractivity contribution < 1.29 is 4.42 Å². The molecule has 7 aromatic carbocycles. The molecule has 2 aliphatic rings. The first-order chi connectivity index (χ1) is 29.4. The molecule has 9 aromatic rings. The number of benzene rings is 7. The number of aliphatic imine (C=N–C) groups is 1. The van der Waals surface area contributed by atoms with E-state index in [1.165, 1.54) is 103 Å². The molecule has 2 unspecified atom stereocenters. The standard InChI is InChI=1S/C57H49NOS/c1-6-33(3)56(38-27-28-41-40-19-11-13-25-47(40)59-48(41)32-38)58-57(36(7-2)31-34(4)37-17-9-8-10-18-37)51-35(5)39-21-15-24-46-52(39)53-42(22-16-23-45(51)53)43-29-30-50-55(54(43)46)44-20-12-14-26-49(44)60-50/h8-26,29-32,35-36,51H,6-7,27-28H2,1-5H3/b34-31+,56-33-,58-57?/t35?,36?,51-/m1/s1. The van der Waals surface area contributed by atoms with Crippen LogP contribution >= 0.6 is 11.3 Å². The van der Waals surface area contributed by atoms with E-state index in [0.717, 1.165) is 42.7 Å². The molecule has 0 spiro atoms. The van der Waals surface area contributed by atoms with Crippen molar-refractivity contribution in [1.29, 1.82) is 0 Å². The van der Waals surface area contributed by atoms with Crippen LogP contribution in [-0.2, 0) is 6.42 Å². The maximum Gasteiger partial charge on any atom is 0.135 e. The van der Waals surface area contributed by atoms with Crippen molar-refractivity contribution >= 4 is 92.2 Å². The largest absolute Gasteiger partial charge is 0.456 e. The van der Waals surface area contributed by atoms with E-state index in [1.807, 2.05) is 11.3 Å². The molecule has 0 saturated carbocycles. The summed E-state index contributed by atoms with van der Waals surface area (Å²) in [6.07, 6.45) is 8.59. The highest BCUT2D eigenvalue weighted by molar-refractivity contribution is 7.26. The molecule has 60 heavy (non-hydrogen) atoms. The fourth-order valence-corrected chi connectivity index (χ4v) is 11.9. The average Bonchev–Trinajstić information content (AvgIpc) is 3.87. The Morgan fingerprint density at radius 3 is 2.20 bits per heavy atom. The van der Waals surface area contributed by atoms with Gasteiger partial charge in [0.25, 0.3) is 0 Å². The van der Waals surface area contributed by atoms with Gasteiger partial charge in [-0.1, -0.05) is 136 Å². The number of nitrogens with zero attached hydrogens (tertiary/aromatic N) is 1. The van der Waals surface area contributed by atoms with Crippen LogP contribution in [0.2, 0.25) is 0 Å². The Bertz CT molecular complexity index is 3330. The van der Waals surface area contributed by atoms with E-state index in [2.05, 4.69) is 174 Å². The van der Waals surface area contributed by atoms with Crippen LogP contribution in [0.25, 0.3) is 75.1 Å². The predicted octanol–water partition coefficient (Wildman–Crippen LogP) is 16.7. The number of hydrogen-bond donors (Lipinski definition) is 0. The Hall–Kier alpha value is -6.03. The molecular formula is C57H49NOS. The van der Waals surface area contributed by atoms with Crippen LogP contribution in [0, 0.1) is 5.92 Å². The molecule has 0 N–H and O–H groups in total. The minimum Gasteiger partial charge on any atom is -0.456 e. The second-order valence-corrected chi connectivity index (χ2v) is 18.2. The lowest BCUT2D eigenvalue weighted by atomic mass is 9.68. The molecule has 0 radical (unpaired) electrons. The Morgan fingerprint density at radius 1 is 0.683 bits per heavy atom. The van der Waals surface area contributed by atoms with Crippen molar-refractivity contribution in [2.24, 2.45) is 10.9 Å². The monoisotopic (exact) mass is 795 g/mol. The second-order valence-electron chi connectivity index (χ2n) is 17.1. The maximum absolute atomic E-state index is 6.53. The van der Waals surface area contributed by atoms with Gasteiger partial charge in [0, 0.05) is 48.7 Å². The second kappa shape index (κ2) is 14.6. The quantitative estimate of drug-likeness (QED) is 0.111. The summed E-state index contributed by atoms with van der Waals surface area (Å²) in [5, 5.41) is 12.2. The van der Waals surface area contributed by atoms with Crippen molar-refractivity contribution in [2.75, 3.05) is 0 Å². The highest BCUT2D eigenvalue weighted by atomic mass is 32.1. The third kappa shape index (κ3) is 5.70. The van der Waals surface area contributed by atoms with E-state index in [-0.39, 0.29) is 17.8 Å². The zero-order chi connectivity index (χ0) is 40.6. The SMILES string of the molecule is CC/C(C)=C(\N=C(C(/C=C(\C)c1ccccc1)CC)[C@H]1c2cccc3c4ccc5sc6ccccc6c5c4c4cccc(c4c23)C1C)C1=Cc2oc3ccccc3c2CC1. The summed E-state index contributed by atoms with van der Waals surface area (Å²) >= 11 is 1.91. The number of hydrogen-bond acceptors (Lipinski definition) is 3. The van der Waals surface area contributed by atoms with Crippen molar-refractivity contribution in [3.05, 3.63) is 178 Å². The molecule has 2 heterocycles. The topological polar surface area (TPSA) is 25.5 Å². The Morgan fingerprint density at radius 2 is 1.38 bits per heavy atom. The van der Waals surface area contributed by atoms with Gasteiger partial charge < -0.3 is 4.42 Å². The van der Waals surface area contributed by atoms with Crippen molar-refractivity contribution in [3.8, 4) is 0 Å². The lowest BCUT2D eigenvalue weighted by Gasteiger charge is -2.36. The fourth-order valence-electron chi connectivity index (χ4n) is 10.8. The highest BCUT2D eigenvalue weighted by Gasteiger charge is 2.37. The number of furan rings is 1. The van der Waals surface area contributed by atoms with Crippen molar-refractivity contribution in [2.45, 2.75) is 72.1 Å². The van der Waals surface area contributed by atoms with Crippen LogP contribution < -0.4 is 0 Å². The van der Waals surface area contributed by atoms with E-state index < -0.39 is 0 Å². The van der Waals surface area contributed by atoms with Gasteiger partial charge in [0.05, 0.1) is 5.70 Å². The van der Waals surface area contributed by atoms with Crippen LogP contribution in [0.5, 0.6) is 0 Å². The molecule has 294 valence electrons. The van der Waals surface area contributed by atoms with Gasteiger partial charge in [0.15, 0.2) is 0 Å². The molecule has 0 saturated heterocycles. The summed E-state index contributed by atoms with van der Waals surface area (Å²) in [4.78, 5) is 6.09. The summed E-state index contributed by atoms with van der Waals surface area (Å²) in [6, 6.07) is 47.3. The van der Waals surface area contributed by atoms with Crippen molar-refractivity contribution in [1.82, 2.24) is 0 Å². The van der Waals surface area contributed by atoms with Gasteiger partial charge in [0.1, 0.15) is 11.3 Å². The molecule has 11 rings (SSSR count). The lowest BCUT2D eigenvalue weighted by molar-refractivity contribution is 0.593. The molecular weight excluding hydrogens is 747 g/mol. The highest BCUT2D eigenvalue weighted by Crippen LogP contribution is 2.53. The minimum atomic E-state index is 0.0744. The number of para-hydroxylation sites is 1. The number of fused-ring (bicyclic) bond motifs is 10. The molecule has 2 aromatic heterocycles. The van der Waals surface area contributed by atoms with E-state index in [9.17, 15) is 0 Å². The first kappa shape index (κ1) is 37.0. The molecule has 2 aliphatic carbocycles. The average molecular weight is 796 g/mol. The minimum absolute atomic E-state index is 0.0744. The van der Waals surface area contributed by atoms with Gasteiger partial charge in [-0.2, -0.15) is 0 Å². The number of allylic oxidation sites excluding steroid dienone is 4. The molecule has 3 heteroatoms. The maximum atomic E-state index is 6.53. The normalized spacial score (nSPS) is 17.9. The predicted molar refractivity (Wildman–Crippen MR) is 260 cm³/mol. The van der Waals surface area contributed by atoms with Gasteiger partial charge in [-0.25, -0.2) is 0 Å². The summed E-state index contributed by atoms with van der Waals surface area (Å²) in [5.41, 5.74) is 12.6. The van der Waals surface area contributed by atoms with Gasteiger partial charge >= 0.3 is 0 Å². The van der Waals surface area contributed by atoms with E-state index >= 15 is 0 Å². The summed E-state index contributed by atoms with van der Waals surface area (Å²) in [7, 11) is 0. The van der Waals surface area contributed by atoms with E-state index in [1.54, 1.807) is 0 Å². The Labute approximate surface area is 356 Å². The first-order valence-corrected chi connectivity index (χ1v) is 22.7. The van der Waals surface area contributed by atoms with E-state index in [0.29, 0.717) is 0 Å².